The number of hydrogen-bond acceptors (Lipinski definition) is 3. The molecule has 0 radical (unpaired) electrons. The number of nitrogens with zero attached hydrogens (tertiary/aromatic N) is 2. The summed E-state index contributed by atoms with van der Waals surface area (Å²) in [5, 5.41) is 10.4. The largest absolute Gasteiger partial charge is 0.480 e. The number of fused-ring (bicyclic) bond motifs is 2. The molecule has 2 atom stereocenters. The van der Waals surface area contributed by atoms with E-state index < -0.39 is 34.6 Å². The van der Waals surface area contributed by atoms with E-state index in [0.717, 1.165) is 0 Å². The summed E-state index contributed by atoms with van der Waals surface area (Å²) in [4.78, 5) is 41.8. The molecule has 2 heterocycles. The molecule has 1 N–H and O–H groups in total. The van der Waals surface area contributed by atoms with Gasteiger partial charge in [-0.2, -0.15) is 0 Å². The number of carbonyl (C=O) groups is 3. The van der Waals surface area contributed by atoms with E-state index in [4.69, 9.17) is 11.6 Å². The molecule has 0 bridgehead atoms. The molecule has 2 aromatic rings. The van der Waals surface area contributed by atoms with Gasteiger partial charge in [-0.15, -0.1) is 0 Å². The van der Waals surface area contributed by atoms with Gasteiger partial charge in [-0.1, -0.05) is 50.6 Å². The molecule has 4 rings (SSSR count). The first-order valence-electron chi connectivity index (χ1n) is 10.3. The SMILES string of the molecule is CC(C)(C)C(C(=O)O)N1C(=O)C2(CC(=O)N(Cc3ccccc3F)C2)c2cc(Cl)ccc21. The molecule has 1 spiro atoms. The summed E-state index contributed by atoms with van der Waals surface area (Å²) < 4.78 is 14.2. The summed E-state index contributed by atoms with van der Waals surface area (Å²) in [5.74, 6) is -2.29. The van der Waals surface area contributed by atoms with Gasteiger partial charge in [-0.3, -0.25) is 14.5 Å². The Labute approximate surface area is 190 Å². The minimum Gasteiger partial charge on any atom is -0.480 e. The fourth-order valence-corrected chi connectivity index (χ4v) is 4.99. The normalized spacial score (nSPS) is 21.4. The zero-order valence-electron chi connectivity index (χ0n) is 18.1. The molecule has 32 heavy (non-hydrogen) atoms. The Bertz CT molecular complexity index is 1130. The van der Waals surface area contributed by atoms with E-state index in [1.165, 1.54) is 15.9 Å². The molecular formula is C24H24ClFN2O4. The van der Waals surface area contributed by atoms with Crippen molar-refractivity contribution >= 4 is 35.1 Å². The zero-order chi connectivity index (χ0) is 23.4. The number of rotatable bonds is 4. The molecule has 2 amide bonds. The summed E-state index contributed by atoms with van der Waals surface area (Å²) in [7, 11) is 0. The van der Waals surface area contributed by atoms with Gasteiger partial charge in [0.05, 0.1) is 0 Å². The average molecular weight is 459 g/mol. The van der Waals surface area contributed by atoms with E-state index in [2.05, 4.69) is 0 Å². The Hall–Kier alpha value is -2.93. The Morgan fingerprint density at radius 2 is 1.91 bits per heavy atom. The molecule has 2 unspecified atom stereocenters. The van der Waals surface area contributed by atoms with Crippen LogP contribution < -0.4 is 4.90 Å². The number of hydrogen-bond donors (Lipinski definition) is 1. The predicted molar refractivity (Wildman–Crippen MR) is 118 cm³/mol. The van der Waals surface area contributed by atoms with E-state index in [-0.39, 0.29) is 25.4 Å². The Kier molecular flexibility index (Phi) is 5.28. The second kappa shape index (κ2) is 7.59. The van der Waals surface area contributed by atoms with E-state index in [1.54, 1.807) is 57.2 Å². The van der Waals surface area contributed by atoms with Crippen LogP contribution in [0, 0.1) is 11.2 Å². The average Bonchev–Trinajstić information content (AvgIpc) is 3.13. The van der Waals surface area contributed by atoms with E-state index in [9.17, 15) is 23.9 Å². The maximum absolute atomic E-state index is 14.2. The van der Waals surface area contributed by atoms with Gasteiger partial charge in [0, 0.05) is 35.8 Å². The second-order valence-electron chi connectivity index (χ2n) is 9.54. The highest BCUT2D eigenvalue weighted by Crippen LogP contribution is 2.51. The molecule has 1 saturated heterocycles. The number of halogens is 2. The van der Waals surface area contributed by atoms with Crippen LogP contribution in [0.3, 0.4) is 0 Å². The lowest BCUT2D eigenvalue weighted by Crippen LogP contribution is -2.54. The van der Waals surface area contributed by atoms with Crippen molar-refractivity contribution in [2.45, 2.75) is 45.2 Å². The van der Waals surface area contributed by atoms with Gasteiger partial charge in [0.25, 0.3) is 0 Å². The number of carboxylic acid groups (broad SMARTS) is 1. The van der Waals surface area contributed by atoms with Gasteiger partial charge in [-0.05, 0) is 35.2 Å². The van der Waals surface area contributed by atoms with Crippen LogP contribution in [0.2, 0.25) is 5.02 Å². The third kappa shape index (κ3) is 3.45. The van der Waals surface area contributed by atoms with Gasteiger partial charge in [0.15, 0.2) is 0 Å². The quantitative estimate of drug-likeness (QED) is 0.751. The topological polar surface area (TPSA) is 77.9 Å². The van der Waals surface area contributed by atoms with Gasteiger partial charge in [0.2, 0.25) is 11.8 Å². The van der Waals surface area contributed by atoms with Crippen molar-refractivity contribution in [1.29, 1.82) is 0 Å². The van der Waals surface area contributed by atoms with Crippen molar-refractivity contribution in [2.24, 2.45) is 5.41 Å². The minimum atomic E-state index is -1.26. The number of amides is 2. The lowest BCUT2D eigenvalue weighted by Gasteiger charge is -2.36. The fourth-order valence-electron chi connectivity index (χ4n) is 4.82. The minimum absolute atomic E-state index is 0.0259. The molecule has 0 aliphatic carbocycles. The first-order chi connectivity index (χ1) is 15.0. The van der Waals surface area contributed by atoms with Crippen LogP contribution in [0.4, 0.5) is 10.1 Å². The lowest BCUT2D eigenvalue weighted by molar-refractivity contribution is -0.143. The van der Waals surface area contributed by atoms with Crippen LogP contribution in [0.15, 0.2) is 42.5 Å². The van der Waals surface area contributed by atoms with E-state index >= 15 is 0 Å². The molecule has 6 nitrogen and oxygen atoms in total. The maximum atomic E-state index is 14.2. The molecule has 0 saturated carbocycles. The van der Waals surface area contributed by atoms with Crippen LogP contribution in [0.1, 0.15) is 38.3 Å². The molecule has 168 valence electrons. The lowest BCUT2D eigenvalue weighted by atomic mass is 9.80. The van der Waals surface area contributed by atoms with Gasteiger partial charge < -0.3 is 10.0 Å². The van der Waals surface area contributed by atoms with Crippen molar-refractivity contribution < 1.29 is 23.9 Å². The highest BCUT2D eigenvalue weighted by Gasteiger charge is 2.60. The van der Waals surface area contributed by atoms with Gasteiger partial charge in [-0.25, -0.2) is 9.18 Å². The van der Waals surface area contributed by atoms with Gasteiger partial charge >= 0.3 is 5.97 Å². The summed E-state index contributed by atoms with van der Waals surface area (Å²) in [6, 6.07) is 9.92. The zero-order valence-corrected chi connectivity index (χ0v) is 18.8. The first-order valence-corrected chi connectivity index (χ1v) is 10.7. The summed E-state index contributed by atoms with van der Waals surface area (Å²) in [6.07, 6.45) is -0.124. The molecule has 0 aromatic heterocycles. The van der Waals surface area contributed by atoms with Crippen LogP contribution in [-0.4, -0.2) is 40.4 Å². The molecular weight excluding hydrogens is 435 g/mol. The fraction of sp³-hybridized carbons (Fsp3) is 0.375. The van der Waals surface area contributed by atoms with E-state index in [1.807, 2.05) is 0 Å². The molecule has 2 aromatic carbocycles. The Balaban J connectivity index is 1.79. The smallest absolute Gasteiger partial charge is 0.327 e. The summed E-state index contributed by atoms with van der Waals surface area (Å²) in [5.41, 5.74) is -0.692. The molecule has 1 fully saturated rings. The van der Waals surface area contributed by atoms with Crippen molar-refractivity contribution in [3.8, 4) is 0 Å². The number of anilines is 1. The molecule has 2 aliphatic rings. The van der Waals surface area contributed by atoms with E-state index in [0.29, 0.717) is 21.8 Å². The number of likely N-dealkylation sites (tertiary alicyclic amines) is 1. The number of benzene rings is 2. The third-order valence-corrected chi connectivity index (χ3v) is 6.49. The monoisotopic (exact) mass is 458 g/mol. The highest BCUT2D eigenvalue weighted by molar-refractivity contribution is 6.31. The Morgan fingerprint density at radius 3 is 2.53 bits per heavy atom. The second-order valence-corrected chi connectivity index (χ2v) is 9.98. The van der Waals surface area contributed by atoms with Crippen LogP contribution >= 0.6 is 11.6 Å². The summed E-state index contributed by atoms with van der Waals surface area (Å²) in [6.45, 7) is 5.31. The Morgan fingerprint density at radius 1 is 1.22 bits per heavy atom. The van der Waals surface area contributed by atoms with Crippen molar-refractivity contribution in [3.05, 3.63) is 64.4 Å². The number of carbonyl (C=O) groups excluding carboxylic acids is 2. The molecule has 2 aliphatic heterocycles. The van der Waals surface area contributed by atoms with Crippen LogP contribution in [0.5, 0.6) is 0 Å². The van der Waals surface area contributed by atoms with Crippen molar-refractivity contribution in [3.63, 3.8) is 0 Å². The summed E-state index contributed by atoms with van der Waals surface area (Å²) >= 11 is 6.24. The van der Waals surface area contributed by atoms with Gasteiger partial charge in [0.1, 0.15) is 17.3 Å². The number of aliphatic carboxylic acids is 1. The third-order valence-electron chi connectivity index (χ3n) is 6.26. The van der Waals surface area contributed by atoms with Crippen molar-refractivity contribution in [1.82, 2.24) is 4.90 Å². The van der Waals surface area contributed by atoms with Crippen LogP contribution in [0.25, 0.3) is 0 Å². The van der Waals surface area contributed by atoms with Crippen LogP contribution in [-0.2, 0) is 26.3 Å². The maximum Gasteiger partial charge on any atom is 0.327 e. The predicted octanol–water partition coefficient (Wildman–Crippen LogP) is 4.00. The number of carboxylic acids is 1. The van der Waals surface area contributed by atoms with Crippen molar-refractivity contribution in [2.75, 3.05) is 11.4 Å². The highest BCUT2D eigenvalue weighted by atomic mass is 35.5. The standard InChI is InChI=1S/C24H24ClFN2O4/c1-23(2,3)20(21(30)31)28-18-9-8-15(25)10-16(18)24(22(28)32)11-19(29)27(13-24)12-14-6-4-5-7-17(14)26/h4-10,20H,11-13H2,1-3H3,(H,30,31). The first kappa shape index (κ1) is 22.3. The molecule has 8 heteroatoms.